The Bertz CT molecular complexity index is 1350. The third-order valence-corrected chi connectivity index (χ3v) is 5.54. The molecule has 172 valence electrons. The zero-order chi connectivity index (χ0) is 23.9. The van der Waals surface area contributed by atoms with Crippen molar-refractivity contribution in [3.05, 3.63) is 98.6 Å². The molecule has 0 aliphatic carbocycles. The van der Waals surface area contributed by atoms with Crippen LogP contribution >= 0.6 is 15.9 Å². The highest BCUT2D eigenvalue weighted by atomic mass is 79.9. The van der Waals surface area contributed by atoms with E-state index in [2.05, 4.69) is 49.6 Å². The first kappa shape index (κ1) is 23.2. The standard InChI is InChI=1S/C25H21BrN4O4/c1-2-33-23-14-17(15-28-29-25-22(30(31)32)11-6-12-27-25)13-21(26)24(23)34-16-19-9-5-8-18-7-3-4-10-20(18)19/h3-15H,2,16H2,1H3,(H,27,29)/b28-15-. The summed E-state index contributed by atoms with van der Waals surface area (Å²) in [4.78, 5) is 14.6. The quantitative estimate of drug-likeness (QED) is 0.157. The van der Waals surface area contributed by atoms with Gasteiger partial charge in [0.05, 0.1) is 22.2 Å². The summed E-state index contributed by atoms with van der Waals surface area (Å²) in [5.41, 5.74) is 4.24. The normalized spacial score (nSPS) is 11.0. The lowest BCUT2D eigenvalue weighted by molar-refractivity contribution is -0.384. The molecule has 0 aliphatic heterocycles. The van der Waals surface area contributed by atoms with Gasteiger partial charge in [0, 0.05) is 12.3 Å². The molecule has 1 heterocycles. The van der Waals surface area contributed by atoms with Crippen molar-refractivity contribution >= 4 is 44.4 Å². The number of halogens is 1. The summed E-state index contributed by atoms with van der Waals surface area (Å²) < 4.78 is 12.7. The molecule has 0 bridgehead atoms. The average molecular weight is 521 g/mol. The number of nitro groups is 1. The van der Waals surface area contributed by atoms with Crippen molar-refractivity contribution in [3.8, 4) is 11.5 Å². The first-order valence-electron chi connectivity index (χ1n) is 10.5. The molecule has 0 atom stereocenters. The number of nitrogens with one attached hydrogen (secondary N) is 1. The van der Waals surface area contributed by atoms with Crippen LogP contribution in [0.15, 0.2) is 82.5 Å². The van der Waals surface area contributed by atoms with Gasteiger partial charge in [-0.05, 0) is 63.0 Å². The van der Waals surface area contributed by atoms with E-state index in [0.29, 0.717) is 34.7 Å². The van der Waals surface area contributed by atoms with Gasteiger partial charge in [-0.3, -0.25) is 15.5 Å². The summed E-state index contributed by atoms with van der Waals surface area (Å²) in [7, 11) is 0. The third-order valence-electron chi connectivity index (χ3n) is 4.95. The van der Waals surface area contributed by atoms with E-state index in [-0.39, 0.29) is 11.5 Å². The smallest absolute Gasteiger partial charge is 0.313 e. The highest BCUT2D eigenvalue weighted by Gasteiger charge is 2.14. The second-order valence-electron chi connectivity index (χ2n) is 7.19. The molecule has 1 N–H and O–H groups in total. The first-order valence-corrected chi connectivity index (χ1v) is 11.3. The number of rotatable bonds is 9. The monoisotopic (exact) mass is 520 g/mol. The molecule has 0 spiro atoms. The number of hydrogen-bond acceptors (Lipinski definition) is 7. The topological polar surface area (TPSA) is 98.9 Å². The van der Waals surface area contributed by atoms with Crippen molar-refractivity contribution < 1.29 is 14.4 Å². The van der Waals surface area contributed by atoms with Crippen LogP contribution in [-0.4, -0.2) is 22.7 Å². The minimum Gasteiger partial charge on any atom is -0.490 e. The molecule has 0 saturated heterocycles. The number of pyridine rings is 1. The maximum absolute atomic E-state index is 11.1. The molecule has 1 aromatic heterocycles. The maximum atomic E-state index is 11.1. The number of hydrazone groups is 1. The van der Waals surface area contributed by atoms with Crippen LogP contribution in [-0.2, 0) is 6.61 Å². The van der Waals surface area contributed by atoms with Gasteiger partial charge in [-0.1, -0.05) is 42.5 Å². The van der Waals surface area contributed by atoms with Gasteiger partial charge in [-0.25, -0.2) is 4.98 Å². The highest BCUT2D eigenvalue weighted by molar-refractivity contribution is 9.10. The van der Waals surface area contributed by atoms with Crippen LogP contribution in [0.2, 0.25) is 0 Å². The van der Waals surface area contributed by atoms with Gasteiger partial charge in [0.25, 0.3) is 0 Å². The van der Waals surface area contributed by atoms with Crippen molar-refractivity contribution in [3.63, 3.8) is 0 Å². The molecule has 0 amide bonds. The predicted molar refractivity (Wildman–Crippen MR) is 136 cm³/mol. The summed E-state index contributed by atoms with van der Waals surface area (Å²) >= 11 is 3.57. The Balaban J connectivity index is 1.55. The lowest BCUT2D eigenvalue weighted by atomic mass is 10.1. The molecule has 3 aromatic carbocycles. The van der Waals surface area contributed by atoms with Gasteiger partial charge in [-0.2, -0.15) is 5.10 Å². The van der Waals surface area contributed by atoms with Crippen LogP contribution < -0.4 is 14.9 Å². The van der Waals surface area contributed by atoms with Crippen molar-refractivity contribution in [2.24, 2.45) is 5.10 Å². The summed E-state index contributed by atoms with van der Waals surface area (Å²) in [6.45, 7) is 2.72. The van der Waals surface area contributed by atoms with Crippen molar-refractivity contribution in [2.75, 3.05) is 12.0 Å². The third kappa shape index (κ3) is 5.32. The minimum absolute atomic E-state index is 0.0582. The fourth-order valence-corrected chi connectivity index (χ4v) is 4.01. The SMILES string of the molecule is CCOc1cc(/C=N\Nc2ncccc2[N+](=O)[O-])cc(Br)c1OCc1cccc2ccccc12. The van der Waals surface area contributed by atoms with E-state index in [1.165, 1.54) is 24.5 Å². The molecule has 4 aromatic rings. The Morgan fingerprint density at radius 2 is 1.94 bits per heavy atom. The Hall–Kier alpha value is -3.98. The van der Waals surface area contributed by atoms with Gasteiger partial charge < -0.3 is 9.47 Å². The van der Waals surface area contributed by atoms with Crippen molar-refractivity contribution in [1.29, 1.82) is 0 Å². The maximum Gasteiger partial charge on any atom is 0.313 e. The molecular formula is C25H21BrN4O4. The Kier molecular flexibility index (Phi) is 7.34. The zero-order valence-electron chi connectivity index (χ0n) is 18.3. The van der Waals surface area contributed by atoms with Crippen molar-refractivity contribution in [1.82, 2.24) is 4.98 Å². The second-order valence-corrected chi connectivity index (χ2v) is 8.04. The predicted octanol–water partition coefficient (Wildman–Crippen LogP) is 6.33. The number of hydrogen-bond donors (Lipinski definition) is 1. The van der Waals surface area contributed by atoms with Crippen LogP contribution in [0, 0.1) is 10.1 Å². The fourth-order valence-electron chi connectivity index (χ4n) is 3.43. The van der Waals surface area contributed by atoms with E-state index in [4.69, 9.17) is 9.47 Å². The number of fused-ring (bicyclic) bond motifs is 1. The molecule has 0 unspecified atom stereocenters. The molecule has 34 heavy (non-hydrogen) atoms. The fraction of sp³-hybridized carbons (Fsp3) is 0.120. The van der Waals surface area contributed by atoms with E-state index in [0.717, 1.165) is 16.3 Å². The Labute approximate surface area is 204 Å². The summed E-state index contributed by atoms with van der Waals surface area (Å²) in [5.74, 6) is 1.20. The van der Waals surface area contributed by atoms with Crippen molar-refractivity contribution in [2.45, 2.75) is 13.5 Å². The van der Waals surface area contributed by atoms with E-state index in [1.54, 1.807) is 6.07 Å². The van der Waals surface area contributed by atoms with Gasteiger partial charge in [0.15, 0.2) is 11.5 Å². The number of anilines is 1. The molecule has 0 saturated carbocycles. The lowest BCUT2D eigenvalue weighted by Crippen LogP contribution is -2.02. The highest BCUT2D eigenvalue weighted by Crippen LogP contribution is 2.37. The van der Waals surface area contributed by atoms with Gasteiger partial charge >= 0.3 is 5.69 Å². The van der Waals surface area contributed by atoms with Gasteiger partial charge in [0.1, 0.15) is 6.61 Å². The molecule has 8 nitrogen and oxygen atoms in total. The molecule has 0 radical (unpaired) electrons. The average Bonchev–Trinajstić information content (AvgIpc) is 2.84. The first-order chi connectivity index (χ1) is 16.6. The van der Waals surface area contributed by atoms with Crippen LogP contribution in [0.1, 0.15) is 18.1 Å². The van der Waals surface area contributed by atoms with Crippen LogP contribution in [0.3, 0.4) is 0 Å². The summed E-state index contributed by atoms with van der Waals surface area (Å²) in [5, 5.41) is 17.5. The molecule has 0 aliphatic rings. The zero-order valence-corrected chi connectivity index (χ0v) is 19.9. The van der Waals surface area contributed by atoms with E-state index >= 15 is 0 Å². The van der Waals surface area contributed by atoms with Gasteiger partial charge in [-0.15, -0.1) is 0 Å². The van der Waals surface area contributed by atoms with E-state index in [9.17, 15) is 10.1 Å². The second kappa shape index (κ2) is 10.8. The largest absolute Gasteiger partial charge is 0.490 e. The van der Waals surface area contributed by atoms with Crippen LogP contribution in [0.5, 0.6) is 11.5 Å². The van der Waals surface area contributed by atoms with E-state index < -0.39 is 4.92 Å². The lowest BCUT2D eigenvalue weighted by Gasteiger charge is -2.15. The summed E-state index contributed by atoms with van der Waals surface area (Å²) in [6.07, 6.45) is 2.98. The van der Waals surface area contributed by atoms with E-state index in [1.807, 2.05) is 37.3 Å². The molecule has 9 heteroatoms. The number of nitrogens with zero attached hydrogens (tertiary/aromatic N) is 3. The Morgan fingerprint density at radius 1 is 1.12 bits per heavy atom. The van der Waals surface area contributed by atoms with Crippen LogP contribution in [0.4, 0.5) is 11.5 Å². The van der Waals surface area contributed by atoms with Gasteiger partial charge in [0.2, 0.25) is 5.82 Å². The molecule has 0 fully saturated rings. The summed E-state index contributed by atoms with van der Waals surface area (Å²) in [6, 6.07) is 20.8. The number of aromatic nitrogens is 1. The number of benzene rings is 3. The Morgan fingerprint density at radius 3 is 2.76 bits per heavy atom. The number of ether oxygens (including phenoxy) is 2. The molecule has 4 rings (SSSR count). The van der Waals surface area contributed by atoms with Crippen LogP contribution in [0.25, 0.3) is 10.8 Å². The molecular weight excluding hydrogens is 500 g/mol. The minimum atomic E-state index is -0.517.